The maximum Gasteiger partial charge on any atom is 0.240 e. The molecule has 1 unspecified atom stereocenters. The van der Waals surface area contributed by atoms with Crippen LogP contribution in [0.2, 0.25) is 5.02 Å². The highest BCUT2D eigenvalue weighted by Gasteiger charge is 2.16. The van der Waals surface area contributed by atoms with Crippen LogP contribution >= 0.6 is 23.8 Å². The summed E-state index contributed by atoms with van der Waals surface area (Å²) in [5.74, 6) is 0.529. The quantitative estimate of drug-likeness (QED) is 0.582. The Hall–Kier alpha value is -2.44. The van der Waals surface area contributed by atoms with Gasteiger partial charge in [0.05, 0.1) is 6.04 Å². The zero-order valence-electron chi connectivity index (χ0n) is 15.2. The first-order chi connectivity index (χ1) is 13.0. The average molecular weight is 401 g/mol. The summed E-state index contributed by atoms with van der Waals surface area (Å²) >= 11 is 11.3. The minimum atomic E-state index is -0.122. The Morgan fingerprint density at radius 1 is 1.30 bits per heavy atom. The van der Waals surface area contributed by atoms with Crippen molar-refractivity contribution >= 4 is 29.7 Å². The molecule has 3 rings (SSSR count). The number of amides is 1. The standard InChI is InChI=1S/C20H21ClN4OS/c1-3-17(14-7-9-16(21)10-8-14)22-18(26)12-25-19(23-24-20(25)27)15-6-4-5-13(2)11-15/h4-11,17H,3,12H2,1-2H3,(H,22,26)(H,24,27). The number of carbonyl (C=O) groups excluding carboxylic acids is 1. The molecule has 0 bridgehead atoms. The van der Waals surface area contributed by atoms with Crippen LogP contribution in [-0.2, 0) is 11.3 Å². The molecule has 5 nitrogen and oxygen atoms in total. The Morgan fingerprint density at radius 2 is 2.04 bits per heavy atom. The minimum absolute atomic E-state index is 0.0849. The highest BCUT2D eigenvalue weighted by molar-refractivity contribution is 7.71. The second-order valence-electron chi connectivity index (χ2n) is 6.39. The first-order valence-corrected chi connectivity index (χ1v) is 9.53. The first kappa shape index (κ1) is 19.3. The molecule has 0 spiro atoms. The molecule has 0 fully saturated rings. The van der Waals surface area contributed by atoms with E-state index in [0.29, 0.717) is 15.6 Å². The SMILES string of the molecule is CCC(NC(=O)Cn1c(-c2cccc(C)c2)n[nH]c1=S)c1ccc(Cl)cc1. The van der Waals surface area contributed by atoms with E-state index < -0.39 is 0 Å². The third-order valence-electron chi connectivity index (χ3n) is 4.35. The van der Waals surface area contributed by atoms with Gasteiger partial charge in [0.2, 0.25) is 5.91 Å². The van der Waals surface area contributed by atoms with Crippen molar-refractivity contribution in [3.8, 4) is 11.4 Å². The van der Waals surface area contributed by atoms with Crippen molar-refractivity contribution in [2.24, 2.45) is 0 Å². The second kappa shape index (κ2) is 8.50. The van der Waals surface area contributed by atoms with E-state index in [4.69, 9.17) is 23.8 Å². The maximum absolute atomic E-state index is 12.7. The molecule has 0 aliphatic heterocycles. The number of benzene rings is 2. The van der Waals surface area contributed by atoms with Crippen molar-refractivity contribution in [1.82, 2.24) is 20.1 Å². The Kier molecular flexibility index (Phi) is 6.08. The molecule has 7 heteroatoms. The molecule has 1 amide bonds. The van der Waals surface area contributed by atoms with Crippen LogP contribution in [0.4, 0.5) is 0 Å². The van der Waals surface area contributed by atoms with Crippen molar-refractivity contribution in [3.05, 3.63) is 69.5 Å². The summed E-state index contributed by atoms with van der Waals surface area (Å²) in [7, 11) is 0. The lowest BCUT2D eigenvalue weighted by Gasteiger charge is -2.18. The summed E-state index contributed by atoms with van der Waals surface area (Å²) in [5, 5.41) is 10.8. The van der Waals surface area contributed by atoms with Crippen molar-refractivity contribution in [1.29, 1.82) is 0 Å². The topological polar surface area (TPSA) is 62.7 Å². The third-order valence-corrected chi connectivity index (χ3v) is 4.92. The van der Waals surface area contributed by atoms with Gasteiger partial charge in [-0.05, 0) is 49.3 Å². The Labute approximate surface area is 168 Å². The van der Waals surface area contributed by atoms with E-state index in [0.717, 1.165) is 23.1 Å². The number of carbonyl (C=O) groups is 1. The monoisotopic (exact) mass is 400 g/mol. The molecule has 0 saturated heterocycles. The van der Waals surface area contributed by atoms with E-state index in [1.54, 1.807) is 4.57 Å². The van der Waals surface area contributed by atoms with Crippen LogP contribution in [-0.4, -0.2) is 20.7 Å². The van der Waals surface area contributed by atoms with Gasteiger partial charge >= 0.3 is 0 Å². The number of nitrogens with zero attached hydrogens (tertiary/aromatic N) is 2. The molecule has 0 saturated carbocycles. The fourth-order valence-corrected chi connectivity index (χ4v) is 3.29. The number of nitrogens with one attached hydrogen (secondary N) is 2. The van der Waals surface area contributed by atoms with Gasteiger partial charge in [0.25, 0.3) is 0 Å². The fraction of sp³-hybridized carbons (Fsp3) is 0.250. The summed E-state index contributed by atoms with van der Waals surface area (Å²) < 4.78 is 2.13. The zero-order chi connectivity index (χ0) is 19.4. The molecule has 1 heterocycles. The molecular weight excluding hydrogens is 380 g/mol. The molecule has 0 radical (unpaired) electrons. The van der Waals surface area contributed by atoms with Gasteiger partial charge < -0.3 is 5.32 Å². The minimum Gasteiger partial charge on any atom is -0.348 e. The molecule has 1 atom stereocenters. The Bertz CT molecular complexity index is 994. The molecule has 27 heavy (non-hydrogen) atoms. The van der Waals surface area contributed by atoms with E-state index in [1.165, 1.54) is 0 Å². The van der Waals surface area contributed by atoms with Crippen molar-refractivity contribution < 1.29 is 4.79 Å². The second-order valence-corrected chi connectivity index (χ2v) is 7.21. The molecule has 1 aromatic heterocycles. The van der Waals surface area contributed by atoms with Crippen LogP contribution in [0.3, 0.4) is 0 Å². The molecule has 2 N–H and O–H groups in total. The number of hydrogen-bond donors (Lipinski definition) is 2. The summed E-state index contributed by atoms with van der Waals surface area (Å²) in [6, 6.07) is 15.4. The zero-order valence-corrected chi connectivity index (χ0v) is 16.8. The Balaban J connectivity index is 1.79. The van der Waals surface area contributed by atoms with E-state index in [9.17, 15) is 4.79 Å². The molecule has 3 aromatic rings. The van der Waals surface area contributed by atoms with Gasteiger partial charge in [-0.25, -0.2) is 0 Å². The highest BCUT2D eigenvalue weighted by Crippen LogP contribution is 2.21. The number of aryl methyl sites for hydroxylation is 1. The van der Waals surface area contributed by atoms with E-state index >= 15 is 0 Å². The van der Waals surface area contributed by atoms with Crippen LogP contribution < -0.4 is 5.32 Å². The first-order valence-electron chi connectivity index (χ1n) is 8.75. The van der Waals surface area contributed by atoms with Crippen molar-refractivity contribution in [3.63, 3.8) is 0 Å². The number of H-pyrrole nitrogens is 1. The molecule has 0 aliphatic rings. The van der Waals surface area contributed by atoms with Gasteiger partial charge in [0.15, 0.2) is 10.6 Å². The van der Waals surface area contributed by atoms with Crippen molar-refractivity contribution in [2.75, 3.05) is 0 Å². The summed E-state index contributed by atoms with van der Waals surface area (Å²) in [4.78, 5) is 12.7. The molecular formula is C20H21ClN4OS. The van der Waals surface area contributed by atoms with Gasteiger partial charge in [-0.3, -0.25) is 14.5 Å². The van der Waals surface area contributed by atoms with Crippen LogP contribution in [0.25, 0.3) is 11.4 Å². The van der Waals surface area contributed by atoms with Crippen LogP contribution in [0, 0.1) is 11.7 Å². The van der Waals surface area contributed by atoms with Gasteiger partial charge in [-0.2, -0.15) is 5.10 Å². The molecule has 140 valence electrons. The average Bonchev–Trinajstić information content (AvgIpc) is 3.01. The predicted octanol–water partition coefficient (Wildman–Crippen LogP) is 4.84. The number of aromatic amines is 1. The number of aromatic nitrogens is 3. The smallest absolute Gasteiger partial charge is 0.240 e. The van der Waals surface area contributed by atoms with E-state index in [-0.39, 0.29) is 18.5 Å². The van der Waals surface area contributed by atoms with Gasteiger partial charge in [-0.1, -0.05) is 54.4 Å². The van der Waals surface area contributed by atoms with Gasteiger partial charge in [-0.15, -0.1) is 0 Å². The van der Waals surface area contributed by atoms with Gasteiger partial charge in [0, 0.05) is 10.6 Å². The summed E-state index contributed by atoms with van der Waals surface area (Å²) in [6.07, 6.45) is 0.773. The lowest BCUT2D eigenvalue weighted by atomic mass is 10.0. The van der Waals surface area contributed by atoms with Crippen molar-refractivity contribution in [2.45, 2.75) is 32.9 Å². The predicted molar refractivity (Wildman–Crippen MR) is 110 cm³/mol. The largest absolute Gasteiger partial charge is 0.348 e. The summed E-state index contributed by atoms with van der Waals surface area (Å²) in [5.41, 5.74) is 3.05. The van der Waals surface area contributed by atoms with Crippen LogP contribution in [0.1, 0.15) is 30.5 Å². The maximum atomic E-state index is 12.7. The van der Waals surface area contributed by atoms with Crippen LogP contribution in [0.5, 0.6) is 0 Å². The highest BCUT2D eigenvalue weighted by atomic mass is 35.5. The lowest BCUT2D eigenvalue weighted by Crippen LogP contribution is -2.31. The number of rotatable bonds is 6. The number of hydrogen-bond acceptors (Lipinski definition) is 3. The fourth-order valence-electron chi connectivity index (χ4n) is 2.97. The Morgan fingerprint density at radius 3 is 2.70 bits per heavy atom. The molecule has 2 aromatic carbocycles. The number of halogens is 1. The van der Waals surface area contributed by atoms with Gasteiger partial charge in [0.1, 0.15) is 6.54 Å². The van der Waals surface area contributed by atoms with E-state index in [1.807, 2.05) is 62.4 Å². The molecule has 0 aliphatic carbocycles. The third kappa shape index (κ3) is 4.64. The lowest BCUT2D eigenvalue weighted by molar-refractivity contribution is -0.122. The summed E-state index contributed by atoms with van der Waals surface area (Å²) in [6.45, 7) is 4.14. The normalized spacial score (nSPS) is 12.0. The van der Waals surface area contributed by atoms with E-state index in [2.05, 4.69) is 15.5 Å². The van der Waals surface area contributed by atoms with Crippen LogP contribution in [0.15, 0.2) is 48.5 Å².